The fourth-order valence-electron chi connectivity index (χ4n) is 1.70. The van der Waals surface area contributed by atoms with Gasteiger partial charge in [-0.15, -0.1) is 0 Å². The van der Waals surface area contributed by atoms with Crippen molar-refractivity contribution in [1.82, 2.24) is 9.78 Å². The summed E-state index contributed by atoms with van der Waals surface area (Å²) in [6, 6.07) is 2.39. The van der Waals surface area contributed by atoms with Gasteiger partial charge in [0, 0.05) is 6.20 Å². The van der Waals surface area contributed by atoms with Crippen LogP contribution in [0.2, 0.25) is 0 Å². The Balaban J connectivity index is 2.35. The maximum absolute atomic E-state index is 5.53. The van der Waals surface area contributed by atoms with E-state index in [4.69, 9.17) is 4.74 Å². The molecule has 1 aromatic heterocycles. The number of nitrogens with zero attached hydrogens (tertiary/aromatic N) is 2. The zero-order valence-corrected chi connectivity index (χ0v) is 8.45. The number of fused-ring (bicyclic) bond motifs is 1. The average Bonchev–Trinajstić information content (AvgIpc) is 2.48. The zero-order chi connectivity index (χ0) is 9.47. The highest BCUT2D eigenvalue weighted by Crippen LogP contribution is 2.33. The van der Waals surface area contributed by atoms with E-state index in [9.17, 15) is 0 Å². The summed E-state index contributed by atoms with van der Waals surface area (Å²) in [6.45, 7) is 8.14. The molecule has 1 aliphatic heterocycles. The standard InChI is InChI=1S/C10H16N2O/c1-10(2,3)9-7-13-6-8-4-5-11-12(8)9/h4-5,9H,6-7H2,1-3H3. The number of hydrogen-bond donors (Lipinski definition) is 0. The Hall–Kier alpha value is -0.830. The molecule has 72 valence electrons. The molecule has 0 spiro atoms. The van der Waals surface area contributed by atoms with Crippen LogP contribution < -0.4 is 0 Å². The van der Waals surface area contributed by atoms with Crippen LogP contribution in [-0.4, -0.2) is 16.4 Å². The number of ether oxygens (including phenoxy) is 1. The van der Waals surface area contributed by atoms with Crippen LogP contribution in [0.4, 0.5) is 0 Å². The van der Waals surface area contributed by atoms with E-state index in [1.807, 2.05) is 12.3 Å². The Morgan fingerprint density at radius 3 is 3.00 bits per heavy atom. The molecule has 1 aliphatic rings. The Labute approximate surface area is 78.7 Å². The van der Waals surface area contributed by atoms with Crippen molar-refractivity contribution >= 4 is 0 Å². The van der Waals surface area contributed by atoms with E-state index in [1.54, 1.807) is 0 Å². The van der Waals surface area contributed by atoms with E-state index in [0.29, 0.717) is 12.6 Å². The summed E-state index contributed by atoms with van der Waals surface area (Å²) in [5.74, 6) is 0. The largest absolute Gasteiger partial charge is 0.373 e. The van der Waals surface area contributed by atoms with Crippen LogP contribution in [0.25, 0.3) is 0 Å². The van der Waals surface area contributed by atoms with Gasteiger partial charge in [0.25, 0.3) is 0 Å². The molecule has 2 heterocycles. The first-order valence-electron chi connectivity index (χ1n) is 4.69. The van der Waals surface area contributed by atoms with Crippen molar-refractivity contribution in [3.8, 4) is 0 Å². The van der Waals surface area contributed by atoms with Crippen LogP contribution in [-0.2, 0) is 11.3 Å². The summed E-state index contributed by atoms with van der Waals surface area (Å²) in [5.41, 5.74) is 1.40. The summed E-state index contributed by atoms with van der Waals surface area (Å²) in [7, 11) is 0. The van der Waals surface area contributed by atoms with Crippen molar-refractivity contribution in [2.75, 3.05) is 6.61 Å². The minimum absolute atomic E-state index is 0.210. The van der Waals surface area contributed by atoms with Crippen LogP contribution >= 0.6 is 0 Å². The second-order valence-electron chi connectivity index (χ2n) is 4.66. The highest BCUT2D eigenvalue weighted by Gasteiger charge is 2.31. The van der Waals surface area contributed by atoms with Gasteiger partial charge in [0.05, 0.1) is 24.9 Å². The number of rotatable bonds is 0. The van der Waals surface area contributed by atoms with Crippen LogP contribution in [0.15, 0.2) is 12.3 Å². The van der Waals surface area contributed by atoms with Crippen LogP contribution in [0.5, 0.6) is 0 Å². The quantitative estimate of drug-likeness (QED) is 0.610. The van der Waals surface area contributed by atoms with Gasteiger partial charge in [0.15, 0.2) is 0 Å². The predicted octanol–water partition coefficient (Wildman–Crippen LogP) is 2.00. The third-order valence-corrected chi connectivity index (χ3v) is 2.57. The van der Waals surface area contributed by atoms with E-state index in [2.05, 4.69) is 30.6 Å². The monoisotopic (exact) mass is 180 g/mol. The van der Waals surface area contributed by atoms with Gasteiger partial charge in [-0.1, -0.05) is 20.8 Å². The summed E-state index contributed by atoms with van der Waals surface area (Å²) in [4.78, 5) is 0. The lowest BCUT2D eigenvalue weighted by Gasteiger charge is -2.34. The topological polar surface area (TPSA) is 27.1 Å². The van der Waals surface area contributed by atoms with Gasteiger partial charge < -0.3 is 4.74 Å². The molecule has 0 bridgehead atoms. The normalized spacial score (nSPS) is 22.8. The van der Waals surface area contributed by atoms with Crippen LogP contribution in [0.1, 0.15) is 32.5 Å². The van der Waals surface area contributed by atoms with Gasteiger partial charge in [0.1, 0.15) is 0 Å². The fraction of sp³-hybridized carbons (Fsp3) is 0.700. The molecular formula is C10H16N2O. The summed E-state index contributed by atoms with van der Waals surface area (Å²) in [6.07, 6.45) is 1.85. The Bertz CT molecular complexity index is 298. The molecule has 1 unspecified atom stereocenters. The SMILES string of the molecule is CC(C)(C)C1COCc2ccnn21. The molecular weight excluding hydrogens is 164 g/mol. The van der Waals surface area contributed by atoms with E-state index in [0.717, 1.165) is 6.61 Å². The lowest BCUT2D eigenvalue weighted by Crippen LogP contribution is -2.33. The van der Waals surface area contributed by atoms with Crippen molar-refractivity contribution in [3.63, 3.8) is 0 Å². The summed E-state index contributed by atoms with van der Waals surface area (Å²) in [5, 5.41) is 4.34. The third-order valence-electron chi connectivity index (χ3n) is 2.57. The fourth-order valence-corrected chi connectivity index (χ4v) is 1.70. The van der Waals surface area contributed by atoms with Gasteiger partial charge in [-0.25, -0.2) is 0 Å². The maximum Gasteiger partial charge on any atom is 0.0885 e. The smallest absolute Gasteiger partial charge is 0.0885 e. The molecule has 0 aromatic carbocycles. The first kappa shape index (κ1) is 8.75. The van der Waals surface area contributed by atoms with Gasteiger partial charge in [0.2, 0.25) is 0 Å². The van der Waals surface area contributed by atoms with E-state index < -0.39 is 0 Å². The molecule has 2 rings (SSSR count). The highest BCUT2D eigenvalue weighted by atomic mass is 16.5. The molecule has 0 fully saturated rings. The Morgan fingerprint density at radius 1 is 1.54 bits per heavy atom. The van der Waals surface area contributed by atoms with Crippen LogP contribution in [0, 0.1) is 5.41 Å². The molecule has 1 atom stereocenters. The van der Waals surface area contributed by atoms with Crippen molar-refractivity contribution < 1.29 is 4.74 Å². The second kappa shape index (κ2) is 2.84. The van der Waals surface area contributed by atoms with Gasteiger partial charge >= 0.3 is 0 Å². The molecule has 0 N–H and O–H groups in total. The predicted molar refractivity (Wildman–Crippen MR) is 50.4 cm³/mol. The number of hydrogen-bond acceptors (Lipinski definition) is 2. The summed E-state index contributed by atoms with van der Waals surface area (Å²) >= 11 is 0. The van der Waals surface area contributed by atoms with Gasteiger partial charge in [-0.05, 0) is 11.5 Å². The zero-order valence-electron chi connectivity index (χ0n) is 8.45. The summed E-state index contributed by atoms with van der Waals surface area (Å²) < 4.78 is 7.63. The molecule has 0 saturated carbocycles. The van der Waals surface area contributed by atoms with Crippen molar-refractivity contribution in [3.05, 3.63) is 18.0 Å². The third kappa shape index (κ3) is 1.48. The molecule has 1 aromatic rings. The minimum atomic E-state index is 0.210. The van der Waals surface area contributed by atoms with Crippen molar-refractivity contribution in [2.24, 2.45) is 5.41 Å². The maximum atomic E-state index is 5.53. The lowest BCUT2D eigenvalue weighted by atomic mass is 9.87. The Kier molecular flexibility index (Phi) is 1.91. The second-order valence-corrected chi connectivity index (χ2v) is 4.66. The van der Waals surface area contributed by atoms with Crippen molar-refractivity contribution in [2.45, 2.75) is 33.4 Å². The molecule has 0 saturated heterocycles. The average molecular weight is 180 g/mol. The minimum Gasteiger partial charge on any atom is -0.373 e. The van der Waals surface area contributed by atoms with E-state index in [1.165, 1.54) is 5.69 Å². The van der Waals surface area contributed by atoms with Gasteiger partial charge in [-0.2, -0.15) is 5.10 Å². The van der Waals surface area contributed by atoms with Crippen LogP contribution in [0.3, 0.4) is 0 Å². The van der Waals surface area contributed by atoms with Crippen molar-refractivity contribution in [1.29, 1.82) is 0 Å². The number of aromatic nitrogens is 2. The first-order valence-corrected chi connectivity index (χ1v) is 4.69. The lowest BCUT2D eigenvalue weighted by molar-refractivity contribution is 0.0118. The molecule has 0 radical (unpaired) electrons. The van der Waals surface area contributed by atoms with E-state index >= 15 is 0 Å². The highest BCUT2D eigenvalue weighted by molar-refractivity contribution is 5.03. The Morgan fingerprint density at radius 2 is 2.31 bits per heavy atom. The van der Waals surface area contributed by atoms with E-state index in [-0.39, 0.29) is 5.41 Å². The first-order chi connectivity index (χ1) is 6.09. The molecule has 3 heteroatoms. The molecule has 0 amide bonds. The van der Waals surface area contributed by atoms with Gasteiger partial charge in [-0.3, -0.25) is 4.68 Å². The molecule has 3 nitrogen and oxygen atoms in total. The molecule has 0 aliphatic carbocycles. The molecule has 13 heavy (non-hydrogen) atoms.